The van der Waals surface area contributed by atoms with Crippen molar-refractivity contribution in [2.24, 2.45) is 11.1 Å². The molecule has 0 unspecified atom stereocenters. The molecule has 5 rings (SSSR count). The van der Waals surface area contributed by atoms with Crippen LogP contribution in [0.25, 0.3) is 22.2 Å². The van der Waals surface area contributed by atoms with E-state index in [4.69, 9.17) is 15.6 Å². The zero-order valence-corrected chi connectivity index (χ0v) is 21.5. The van der Waals surface area contributed by atoms with Crippen LogP contribution >= 0.6 is 0 Å². The molecular formula is C25H38N7OSi+. The standard InChI is InChI=1S/C25H38N7OSi/c1-34(2)12-11-33-19-31-8-4-23-22(3-5-28-24(23)31)20-15-29-32(16-20)18-25(17-26)13-21(14-25)30-9-6-27-7-10-30/h3-5,8,15-16,21,27H,6-7,9-14,17-19,26H2,1-2H3/q+1. The van der Waals surface area contributed by atoms with Gasteiger partial charge in [-0.05, 0) is 37.1 Å². The summed E-state index contributed by atoms with van der Waals surface area (Å²) in [6, 6.07) is 6.06. The van der Waals surface area contributed by atoms with Gasteiger partial charge in [-0.25, -0.2) is 4.98 Å². The van der Waals surface area contributed by atoms with Crippen molar-refractivity contribution < 1.29 is 4.74 Å². The van der Waals surface area contributed by atoms with Crippen molar-refractivity contribution in [1.29, 1.82) is 0 Å². The van der Waals surface area contributed by atoms with Crippen LogP contribution in [0.3, 0.4) is 0 Å². The third-order valence-corrected chi connectivity index (χ3v) is 8.72. The molecule has 4 heterocycles. The van der Waals surface area contributed by atoms with E-state index < -0.39 is 0 Å². The highest BCUT2D eigenvalue weighted by Crippen LogP contribution is 2.44. The average molecular weight is 481 g/mol. The minimum absolute atomic E-state index is 0.158. The fraction of sp³-hybridized carbons (Fsp3) is 0.600. The fourth-order valence-electron chi connectivity index (χ4n) is 5.42. The Morgan fingerprint density at radius 2 is 2.06 bits per heavy atom. The molecule has 0 amide bonds. The van der Waals surface area contributed by atoms with Gasteiger partial charge in [-0.3, -0.25) is 9.58 Å². The summed E-state index contributed by atoms with van der Waals surface area (Å²) in [5.74, 6) is 0. The molecule has 8 nitrogen and oxygen atoms in total. The summed E-state index contributed by atoms with van der Waals surface area (Å²) in [5, 5.41) is 9.31. The van der Waals surface area contributed by atoms with Gasteiger partial charge >= 0.3 is 8.80 Å². The van der Waals surface area contributed by atoms with E-state index in [-0.39, 0.29) is 14.2 Å². The van der Waals surface area contributed by atoms with E-state index in [2.05, 4.69) is 62.1 Å². The first-order valence-corrected chi connectivity index (χ1v) is 15.3. The summed E-state index contributed by atoms with van der Waals surface area (Å²) in [7, 11) is -0.251. The molecule has 3 N–H and O–H groups in total. The van der Waals surface area contributed by atoms with E-state index in [0.717, 1.165) is 61.5 Å². The van der Waals surface area contributed by atoms with Gasteiger partial charge in [-0.1, -0.05) is 0 Å². The van der Waals surface area contributed by atoms with Crippen LogP contribution in [-0.2, 0) is 18.0 Å². The van der Waals surface area contributed by atoms with Gasteiger partial charge in [-0.2, -0.15) is 5.10 Å². The molecule has 1 saturated carbocycles. The Morgan fingerprint density at radius 1 is 1.24 bits per heavy atom. The van der Waals surface area contributed by atoms with E-state index in [9.17, 15) is 0 Å². The van der Waals surface area contributed by atoms with Crippen LogP contribution in [0.4, 0.5) is 0 Å². The predicted octanol–water partition coefficient (Wildman–Crippen LogP) is 2.64. The lowest BCUT2D eigenvalue weighted by molar-refractivity contribution is -0.0126. The largest absolute Gasteiger partial charge is 0.358 e. The van der Waals surface area contributed by atoms with E-state index in [1.807, 2.05) is 12.4 Å². The molecular weight excluding hydrogens is 442 g/mol. The van der Waals surface area contributed by atoms with Crippen LogP contribution in [0.1, 0.15) is 12.8 Å². The van der Waals surface area contributed by atoms with Gasteiger partial charge in [0.1, 0.15) is 12.4 Å². The van der Waals surface area contributed by atoms with Crippen molar-refractivity contribution in [3.05, 3.63) is 36.9 Å². The smallest absolute Gasteiger partial charge is 0.310 e. The quantitative estimate of drug-likeness (QED) is 0.343. The summed E-state index contributed by atoms with van der Waals surface area (Å²) in [6.07, 6.45) is 10.4. The van der Waals surface area contributed by atoms with Gasteiger partial charge in [-0.15, -0.1) is 0 Å². The van der Waals surface area contributed by atoms with E-state index in [1.54, 1.807) is 0 Å². The zero-order chi connectivity index (χ0) is 23.5. The molecule has 1 aliphatic carbocycles. The molecule has 2 fully saturated rings. The lowest BCUT2D eigenvalue weighted by Crippen LogP contribution is -2.59. The fourth-order valence-corrected chi connectivity index (χ4v) is 5.98. The summed E-state index contributed by atoms with van der Waals surface area (Å²) >= 11 is 0. The lowest BCUT2D eigenvalue weighted by Gasteiger charge is -2.52. The maximum atomic E-state index is 6.28. The normalized spacial score (nSPS) is 23.3. The van der Waals surface area contributed by atoms with Crippen LogP contribution in [0.5, 0.6) is 0 Å². The first-order valence-electron chi connectivity index (χ1n) is 12.6. The number of nitrogens with one attached hydrogen (secondary N) is 1. The Kier molecular flexibility index (Phi) is 7.17. The average Bonchev–Trinajstić information content (AvgIpc) is 3.46. The molecule has 182 valence electrons. The molecule has 9 heteroatoms. The van der Waals surface area contributed by atoms with E-state index in [1.165, 1.54) is 18.9 Å². The number of nitrogens with zero attached hydrogens (tertiary/aromatic N) is 5. The van der Waals surface area contributed by atoms with Gasteiger partial charge in [0.25, 0.3) is 0 Å². The summed E-state index contributed by atoms with van der Waals surface area (Å²) in [5.41, 5.74) is 9.68. The number of piperazine rings is 1. The number of rotatable bonds is 10. The van der Waals surface area contributed by atoms with Crippen LogP contribution in [0.15, 0.2) is 36.9 Å². The molecule has 1 aliphatic heterocycles. The molecule has 3 aromatic heterocycles. The topological polar surface area (TPSA) is 86.2 Å². The Labute approximate surface area is 204 Å². The van der Waals surface area contributed by atoms with Crippen molar-refractivity contribution in [3.63, 3.8) is 0 Å². The highest BCUT2D eigenvalue weighted by Gasteiger charge is 2.46. The van der Waals surface area contributed by atoms with Crippen molar-refractivity contribution in [1.82, 2.24) is 29.5 Å². The Morgan fingerprint density at radius 3 is 2.82 bits per heavy atom. The molecule has 0 radical (unpaired) electrons. The van der Waals surface area contributed by atoms with Crippen LogP contribution in [0.2, 0.25) is 19.1 Å². The maximum absolute atomic E-state index is 6.28. The number of ether oxygens (including phenoxy) is 1. The number of aromatic nitrogens is 4. The van der Waals surface area contributed by atoms with Gasteiger partial charge in [0.05, 0.1) is 31.9 Å². The second kappa shape index (κ2) is 10.3. The second-order valence-corrected chi connectivity index (χ2v) is 13.3. The second-order valence-electron chi connectivity index (χ2n) is 10.4. The van der Waals surface area contributed by atoms with Crippen molar-refractivity contribution in [2.75, 3.05) is 39.3 Å². The number of nitrogens with two attached hydrogens (primary N) is 1. The highest BCUT2D eigenvalue weighted by atomic mass is 28.3. The summed E-state index contributed by atoms with van der Waals surface area (Å²) in [4.78, 5) is 7.26. The summed E-state index contributed by atoms with van der Waals surface area (Å²) < 4.78 is 10.1. The molecule has 0 bridgehead atoms. The van der Waals surface area contributed by atoms with Crippen LogP contribution < -0.4 is 11.1 Å². The third kappa shape index (κ3) is 4.99. The van der Waals surface area contributed by atoms with Gasteiger partial charge < -0.3 is 20.4 Å². The Balaban J connectivity index is 1.26. The monoisotopic (exact) mass is 480 g/mol. The van der Waals surface area contributed by atoms with E-state index in [0.29, 0.717) is 19.3 Å². The SMILES string of the molecule is C[Si+](C)CCOCn1ccc2c(-c3cnn(CC4(CN)CC(N5CCNCC5)C4)c3)ccnc21. The number of hydrogen-bond donors (Lipinski definition) is 2. The summed E-state index contributed by atoms with van der Waals surface area (Å²) in [6.45, 7) is 12.1. The zero-order valence-electron chi connectivity index (χ0n) is 20.5. The number of fused-ring (bicyclic) bond motifs is 1. The van der Waals surface area contributed by atoms with Crippen molar-refractivity contribution >= 4 is 19.8 Å². The minimum Gasteiger partial charge on any atom is -0.358 e. The molecule has 3 aromatic rings. The predicted molar refractivity (Wildman–Crippen MR) is 138 cm³/mol. The van der Waals surface area contributed by atoms with Gasteiger partial charge in [0.2, 0.25) is 0 Å². The molecule has 2 aliphatic rings. The third-order valence-electron chi connectivity index (χ3n) is 7.52. The Hall–Kier alpha value is -2.04. The number of pyridine rings is 1. The van der Waals surface area contributed by atoms with Gasteiger partial charge in [0, 0.05) is 73.7 Å². The van der Waals surface area contributed by atoms with E-state index >= 15 is 0 Å². The first kappa shape index (κ1) is 23.7. The Bertz CT molecular complexity index is 1080. The number of hydrogen-bond acceptors (Lipinski definition) is 6. The molecule has 0 spiro atoms. The molecule has 34 heavy (non-hydrogen) atoms. The van der Waals surface area contributed by atoms with Crippen LogP contribution in [-0.4, -0.2) is 78.4 Å². The minimum atomic E-state index is -0.251. The van der Waals surface area contributed by atoms with Gasteiger partial charge in [0.15, 0.2) is 0 Å². The molecule has 0 aromatic carbocycles. The van der Waals surface area contributed by atoms with Crippen molar-refractivity contribution in [3.8, 4) is 11.1 Å². The molecule has 1 saturated heterocycles. The maximum Gasteiger partial charge on any atom is 0.310 e. The first-order chi connectivity index (χ1) is 16.6. The lowest BCUT2D eigenvalue weighted by atomic mass is 9.64. The highest BCUT2D eigenvalue weighted by molar-refractivity contribution is 6.55. The van der Waals surface area contributed by atoms with Crippen molar-refractivity contribution in [2.45, 2.75) is 51.3 Å². The van der Waals surface area contributed by atoms with Crippen LogP contribution in [0, 0.1) is 5.41 Å². The molecule has 0 atom stereocenters.